The molecular weight excluding hydrogens is 218 g/mol. The molecule has 104 valence electrons. The van der Waals surface area contributed by atoms with Crippen molar-refractivity contribution in [2.75, 3.05) is 6.54 Å². The third-order valence-corrected chi connectivity index (χ3v) is 5.90. The molecule has 1 nitrogen and oxygen atoms in total. The van der Waals surface area contributed by atoms with E-state index in [4.69, 9.17) is 0 Å². The topological polar surface area (TPSA) is 12.0 Å². The highest BCUT2D eigenvalue weighted by atomic mass is 15.0. The molecule has 0 saturated heterocycles. The molecule has 0 aromatic carbocycles. The molecule has 3 saturated carbocycles. The molecule has 1 N–H and O–H groups in total. The smallest absolute Gasteiger partial charge is 0.0135 e. The summed E-state index contributed by atoms with van der Waals surface area (Å²) in [5.74, 6) is 4.50. The minimum Gasteiger partial charge on any atom is -0.313 e. The maximum atomic E-state index is 3.86. The molecule has 3 aliphatic rings. The molecule has 18 heavy (non-hydrogen) atoms. The second-order valence-electron chi connectivity index (χ2n) is 7.09. The van der Waals surface area contributed by atoms with Crippen LogP contribution in [-0.2, 0) is 0 Å². The van der Waals surface area contributed by atoms with Gasteiger partial charge in [-0.2, -0.15) is 0 Å². The number of hydrogen-bond acceptors (Lipinski definition) is 1. The highest BCUT2D eigenvalue weighted by molar-refractivity contribution is 5.16. The van der Waals surface area contributed by atoms with Gasteiger partial charge in [-0.1, -0.05) is 45.4 Å². The zero-order valence-corrected chi connectivity index (χ0v) is 12.2. The summed E-state index contributed by atoms with van der Waals surface area (Å²) in [7, 11) is 0. The van der Waals surface area contributed by atoms with Crippen molar-refractivity contribution < 1.29 is 0 Å². The first-order chi connectivity index (χ1) is 8.92. The van der Waals surface area contributed by atoms with E-state index in [1.165, 1.54) is 51.5 Å². The van der Waals surface area contributed by atoms with E-state index < -0.39 is 0 Å². The summed E-state index contributed by atoms with van der Waals surface area (Å²) in [6.45, 7) is 3.59. The Labute approximate surface area is 113 Å². The summed E-state index contributed by atoms with van der Waals surface area (Å²) in [5, 5.41) is 3.86. The molecule has 3 aliphatic carbocycles. The van der Waals surface area contributed by atoms with Crippen molar-refractivity contribution in [2.24, 2.45) is 23.7 Å². The zero-order chi connectivity index (χ0) is 12.4. The van der Waals surface area contributed by atoms with E-state index in [1.807, 2.05) is 0 Å². The van der Waals surface area contributed by atoms with Gasteiger partial charge in [0.2, 0.25) is 0 Å². The van der Waals surface area contributed by atoms with Crippen LogP contribution in [0.5, 0.6) is 0 Å². The van der Waals surface area contributed by atoms with E-state index in [9.17, 15) is 0 Å². The van der Waals surface area contributed by atoms with Gasteiger partial charge in [0, 0.05) is 6.04 Å². The maximum absolute atomic E-state index is 3.86. The van der Waals surface area contributed by atoms with E-state index in [0.717, 1.165) is 29.7 Å². The first-order valence-corrected chi connectivity index (χ1v) is 8.65. The van der Waals surface area contributed by atoms with Crippen LogP contribution in [0.4, 0.5) is 0 Å². The van der Waals surface area contributed by atoms with Crippen molar-refractivity contribution in [3.63, 3.8) is 0 Å². The molecule has 0 aromatic rings. The summed E-state index contributed by atoms with van der Waals surface area (Å²) in [5.41, 5.74) is 0. The van der Waals surface area contributed by atoms with Crippen LogP contribution in [0.3, 0.4) is 0 Å². The number of nitrogens with one attached hydrogen (secondary N) is 1. The predicted octanol–water partition coefficient (Wildman–Crippen LogP) is 4.37. The Morgan fingerprint density at radius 3 is 2.11 bits per heavy atom. The van der Waals surface area contributed by atoms with Gasteiger partial charge < -0.3 is 5.32 Å². The van der Waals surface area contributed by atoms with Gasteiger partial charge in [-0.15, -0.1) is 0 Å². The van der Waals surface area contributed by atoms with Gasteiger partial charge in [-0.3, -0.25) is 0 Å². The third-order valence-electron chi connectivity index (χ3n) is 5.90. The first-order valence-electron chi connectivity index (χ1n) is 8.65. The highest BCUT2D eigenvalue weighted by Gasteiger charge is 2.64. The van der Waals surface area contributed by atoms with Crippen molar-refractivity contribution in [2.45, 2.75) is 77.2 Å². The molecule has 3 fully saturated rings. The molecule has 0 heterocycles. The van der Waals surface area contributed by atoms with Gasteiger partial charge in [-0.25, -0.2) is 0 Å². The minimum atomic E-state index is 0.955. The molecule has 4 unspecified atom stereocenters. The second-order valence-corrected chi connectivity index (χ2v) is 7.09. The summed E-state index contributed by atoms with van der Waals surface area (Å²) < 4.78 is 0. The van der Waals surface area contributed by atoms with Crippen molar-refractivity contribution in [3.05, 3.63) is 0 Å². The number of fused-ring (bicyclic) bond motifs is 5. The molecule has 0 radical (unpaired) electrons. The Morgan fingerprint density at radius 1 is 0.833 bits per heavy atom. The van der Waals surface area contributed by atoms with E-state index in [2.05, 4.69) is 12.2 Å². The van der Waals surface area contributed by atoms with Crippen LogP contribution in [0.15, 0.2) is 0 Å². The van der Waals surface area contributed by atoms with Crippen LogP contribution in [0, 0.1) is 23.7 Å². The molecule has 2 bridgehead atoms. The lowest BCUT2D eigenvalue weighted by Gasteiger charge is -2.10. The lowest BCUT2D eigenvalue weighted by molar-refractivity contribution is 0.454. The SMILES string of the molecule is CCCCCCCCCNC1C2C3CCC(C3)C12. The van der Waals surface area contributed by atoms with Crippen LogP contribution in [0.2, 0.25) is 0 Å². The van der Waals surface area contributed by atoms with Crippen molar-refractivity contribution in [1.82, 2.24) is 5.32 Å². The fourth-order valence-electron chi connectivity index (χ4n) is 4.95. The van der Waals surface area contributed by atoms with Gasteiger partial charge >= 0.3 is 0 Å². The fourth-order valence-corrected chi connectivity index (χ4v) is 4.95. The Morgan fingerprint density at radius 2 is 1.44 bits per heavy atom. The number of rotatable bonds is 9. The minimum absolute atomic E-state index is 0.955. The lowest BCUT2D eigenvalue weighted by atomic mass is 10.0. The Kier molecular flexibility index (Phi) is 4.28. The van der Waals surface area contributed by atoms with Crippen molar-refractivity contribution in [3.8, 4) is 0 Å². The Balaban J connectivity index is 1.19. The molecule has 4 atom stereocenters. The van der Waals surface area contributed by atoms with E-state index >= 15 is 0 Å². The third kappa shape index (κ3) is 2.61. The summed E-state index contributed by atoms with van der Waals surface area (Å²) >= 11 is 0. The fraction of sp³-hybridized carbons (Fsp3) is 1.00. The van der Waals surface area contributed by atoms with Crippen molar-refractivity contribution in [1.29, 1.82) is 0 Å². The van der Waals surface area contributed by atoms with Crippen LogP contribution in [0.1, 0.15) is 71.1 Å². The average molecular weight is 249 g/mol. The average Bonchev–Trinajstić information content (AvgIpc) is 2.79. The molecular formula is C17H31N. The predicted molar refractivity (Wildman–Crippen MR) is 77.6 cm³/mol. The van der Waals surface area contributed by atoms with Crippen LogP contribution in [-0.4, -0.2) is 12.6 Å². The van der Waals surface area contributed by atoms with Gasteiger partial charge in [0.15, 0.2) is 0 Å². The van der Waals surface area contributed by atoms with Crippen LogP contribution in [0.25, 0.3) is 0 Å². The monoisotopic (exact) mass is 249 g/mol. The van der Waals surface area contributed by atoms with Crippen molar-refractivity contribution >= 4 is 0 Å². The summed E-state index contributed by atoms with van der Waals surface area (Å²) in [4.78, 5) is 0. The first kappa shape index (κ1) is 13.0. The Bertz CT molecular complexity index is 246. The highest BCUT2D eigenvalue weighted by Crippen LogP contribution is 2.65. The lowest BCUT2D eigenvalue weighted by Crippen LogP contribution is -2.23. The van der Waals surface area contributed by atoms with Gasteiger partial charge in [0.25, 0.3) is 0 Å². The number of unbranched alkanes of at least 4 members (excludes halogenated alkanes) is 6. The normalized spacial score (nSPS) is 40.2. The number of hydrogen-bond donors (Lipinski definition) is 1. The molecule has 0 amide bonds. The van der Waals surface area contributed by atoms with E-state index in [-0.39, 0.29) is 0 Å². The van der Waals surface area contributed by atoms with Crippen LogP contribution < -0.4 is 5.32 Å². The summed E-state index contributed by atoms with van der Waals surface area (Å²) in [6, 6.07) is 0.955. The molecule has 0 spiro atoms. The standard InChI is InChI=1S/C17H31N/c1-2-3-4-5-6-7-8-11-18-17-15-13-9-10-14(12-13)16(15)17/h13-18H,2-12H2,1H3. The van der Waals surface area contributed by atoms with E-state index in [0.29, 0.717) is 0 Å². The van der Waals surface area contributed by atoms with Gasteiger partial charge in [-0.05, 0) is 55.9 Å². The maximum Gasteiger partial charge on any atom is 0.0135 e. The van der Waals surface area contributed by atoms with Gasteiger partial charge in [0.1, 0.15) is 0 Å². The molecule has 0 aromatic heterocycles. The Hall–Kier alpha value is -0.0400. The zero-order valence-electron chi connectivity index (χ0n) is 12.2. The molecule has 0 aliphatic heterocycles. The largest absolute Gasteiger partial charge is 0.313 e. The molecule has 3 rings (SSSR count). The van der Waals surface area contributed by atoms with Crippen LogP contribution >= 0.6 is 0 Å². The van der Waals surface area contributed by atoms with Gasteiger partial charge in [0.05, 0.1) is 0 Å². The quantitative estimate of drug-likeness (QED) is 0.598. The second kappa shape index (κ2) is 5.94. The summed E-state index contributed by atoms with van der Waals surface area (Å²) in [6.07, 6.45) is 14.8. The molecule has 1 heteroatoms. The van der Waals surface area contributed by atoms with E-state index in [1.54, 1.807) is 19.3 Å².